The number of ether oxygens (including phenoxy) is 1. The number of carbonyl (C=O) groups is 1. The molecule has 84 valence electrons. The number of hydrogen-bond acceptors (Lipinski definition) is 2. The number of hydrogen-bond donors (Lipinski definition) is 0. The van der Waals surface area contributed by atoms with Crippen LogP contribution in [0.3, 0.4) is 0 Å². The minimum atomic E-state index is -0.761. The lowest BCUT2D eigenvalue weighted by Gasteiger charge is -2.29. The highest BCUT2D eigenvalue weighted by atomic mass is 35.5. The molecule has 0 unspecified atom stereocenters. The van der Waals surface area contributed by atoms with Gasteiger partial charge >= 0.3 is 0 Å². The van der Waals surface area contributed by atoms with Crippen LogP contribution in [-0.2, 0) is 9.53 Å². The lowest BCUT2D eigenvalue weighted by atomic mass is 9.93. The molecule has 2 nitrogen and oxygen atoms in total. The Balaban J connectivity index is 2.26. The van der Waals surface area contributed by atoms with E-state index >= 15 is 0 Å². The summed E-state index contributed by atoms with van der Waals surface area (Å²) in [6.45, 7) is 0.619. The van der Waals surface area contributed by atoms with E-state index in [4.69, 9.17) is 51.1 Å². The third kappa shape index (κ3) is 1.57. The van der Waals surface area contributed by atoms with Crippen molar-refractivity contribution in [1.29, 1.82) is 0 Å². The van der Waals surface area contributed by atoms with Gasteiger partial charge in [-0.05, 0) is 12.8 Å². The van der Waals surface area contributed by atoms with Gasteiger partial charge in [0, 0.05) is 5.92 Å². The minimum absolute atomic E-state index is 0.0723. The van der Waals surface area contributed by atoms with Crippen LogP contribution in [0, 0.1) is 5.92 Å². The fraction of sp³-hybridized carbons (Fsp3) is 0.667. The molecular weight excluding hydrogens is 282 g/mol. The molecule has 0 heterocycles. The first-order valence-corrected chi connectivity index (χ1v) is 5.94. The molecule has 2 rings (SSSR count). The maximum Gasteiger partial charge on any atom is 0.293 e. The predicted molar refractivity (Wildman–Crippen MR) is 60.6 cm³/mol. The van der Waals surface area contributed by atoms with Gasteiger partial charge in [0.15, 0.2) is 0 Å². The Bertz CT molecular complexity index is 343. The molecule has 0 amide bonds. The summed E-state index contributed by atoms with van der Waals surface area (Å²) >= 11 is 24.7. The zero-order chi connectivity index (χ0) is 11.3. The molecule has 0 radical (unpaired) electrons. The van der Waals surface area contributed by atoms with E-state index in [1.54, 1.807) is 0 Å². The van der Waals surface area contributed by atoms with Crippen molar-refractivity contribution in [1.82, 2.24) is 0 Å². The normalized spacial score (nSPS) is 43.6. The van der Waals surface area contributed by atoms with Crippen LogP contribution in [0.1, 0.15) is 12.8 Å². The van der Waals surface area contributed by atoms with E-state index in [1.807, 2.05) is 0 Å². The van der Waals surface area contributed by atoms with Crippen molar-refractivity contribution in [2.75, 3.05) is 6.61 Å². The van der Waals surface area contributed by atoms with Gasteiger partial charge < -0.3 is 4.74 Å². The van der Waals surface area contributed by atoms with Gasteiger partial charge in [0.1, 0.15) is 0 Å². The second kappa shape index (κ2) is 3.69. The van der Waals surface area contributed by atoms with Crippen molar-refractivity contribution < 1.29 is 9.53 Å². The maximum atomic E-state index is 10.1. The Hall–Kier alpha value is 0.370. The SMILES string of the molecule is O=COC[C@H]1C[C@]2(Cl)C[C@@]1(Cl)C(Cl)=C2Cl. The molecule has 0 aliphatic heterocycles. The summed E-state index contributed by atoms with van der Waals surface area (Å²) in [5, 5.41) is 0.828. The van der Waals surface area contributed by atoms with Crippen molar-refractivity contribution in [3.63, 3.8) is 0 Å². The Morgan fingerprint density at radius 3 is 2.53 bits per heavy atom. The highest BCUT2D eigenvalue weighted by Gasteiger charge is 2.63. The van der Waals surface area contributed by atoms with Gasteiger partial charge in [0.25, 0.3) is 6.47 Å². The summed E-state index contributed by atoms with van der Waals surface area (Å²) in [5.41, 5.74) is 0. The summed E-state index contributed by atoms with van der Waals surface area (Å²) in [5.74, 6) is -0.0723. The van der Waals surface area contributed by atoms with Crippen LogP contribution in [-0.4, -0.2) is 22.8 Å². The number of alkyl halides is 2. The molecular formula is C9H8Cl4O2. The van der Waals surface area contributed by atoms with E-state index < -0.39 is 9.75 Å². The van der Waals surface area contributed by atoms with Gasteiger partial charge in [0.2, 0.25) is 0 Å². The fourth-order valence-electron chi connectivity index (χ4n) is 2.33. The van der Waals surface area contributed by atoms with Gasteiger partial charge in [-0.15, -0.1) is 23.2 Å². The Labute approximate surface area is 107 Å². The molecule has 15 heavy (non-hydrogen) atoms. The minimum Gasteiger partial charge on any atom is -0.468 e. The molecule has 0 aromatic heterocycles. The molecule has 2 aliphatic carbocycles. The monoisotopic (exact) mass is 288 g/mol. The highest BCUT2D eigenvalue weighted by Crippen LogP contribution is 2.65. The molecule has 0 aromatic rings. The predicted octanol–water partition coefficient (Wildman–Crippen LogP) is 3.23. The molecule has 0 N–H and O–H groups in total. The largest absolute Gasteiger partial charge is 0.468 e. The van der Waals surface area contributed by atoms with Crippen molar-refractivity contribution in [2.24, 2.45) is 5.92 Å². The number of rotatable bonds is 3. The Morgan fingerprint density at radius 2 is 2.07 bits per heavy atom. The smallest absolute Gasteiger partial charge is 0.293 e. The van der Waals surface area contributed by atoms with Crippen LogP contribution < -0.4 is 0 Å². The van der Waals surface area contributed by atoms with E-state index in [1.165, 1.54) is 0 Å². The van der Waals surface area contributed by atoms with Crippen LogP contribution in [0.15, 0.2) is 10.1 Å². The van der Waals surface area contributed by atoms with Gasteiger partial charge in [-0.1, -0.05) is 23.2 Å². The number of allylic oxidation sites excluding steroid dienone is 2. The topological polar surface area (TPSA) is 26.3 Å². The second-order valence-corrected chi connectivity index (χ2v) is 6.12. The lowest BCUT2D eigenvalue weighted by molar-refractivity contribution is -0.130. The quantitative estimate of drug-likeness (QED) is 0.589. The Kier molecular flexibility index (Phi) is 2.92. The summed E-state index contributed by atoms with van der Waals surface area (Å²) in [4.78, 5) is 8.70. The van der Waals surface area contributed by atoms with E-state index in [2.05, 4.69) is 0 Å². The van der Waals surface area contributed by atoms with Crippen molar-refractivity contribution in [3.8, 4) is 0 Å². The van der Waals surface area contributed by atoms with Crippen LogP contribution in [0.2, 0.25) is 0 Å². The standard InChI is InChI=1S/C9H8Cl4O2/c10-6-7(11)9(13)3-8(6,12)1-5(9)2-15-4-14/h4-5H,1-3H2/t5-,8+,9+/m1/s1. The summed E-state index contributed by atoms with van der Waals surface area (Å²) in [6.07, 6.45) is 1.08. The molecule has 1 saturated carbocycles. The number of halogens is 4. The summed E-state index contributed by atoms with van der Waals surface area (Å²) in [6, 6.07) is 0. The zero-order valence-electron chi connectivity index (χ0n) is 7.60. The van der Waals surface area contributed by atoms with E-state index in [0.29, 0.717) is 29.4 Å². The third-order valence-corrected chi connectivity index (χ3v) is 5.55. The highest BCUT2D eigenvalue weighted by molar-refractivity contribution is 6.50. The first kappa shape index (κ1) is 11.8. The average Bonchev–Trinajstić information content (AvgIpc) is 2.54. The molecule has 2 bridgehead atoms. The van der Waals surface area contributed by atoms with Crippen molar-refractivity contribution >= 4 is 52.9 Å². The van der Waals surface area contributed by atoms with E-state index in [-0.39, 0.29) is 12.5 Å². The molecule has 6 heteroatoms. The third-order valence-electron chi connectivity index (χ3n) is 3.07. The number of fused-ring (bicyclic) bond motifs is 2. The average molecular weight is 290 g/mol. The first-order valence-electron chi connectivity index (χ1n) is 4.43. The van der Waals surface area contributed by atoms with Gasteiger partial charge in [-0.25, -0.2) is 0 Å². The van der Waals surface area contributed by atoms with Gasteiger partial charge in [0.05, 0.1) is 26.4 Å². The van der Waals surface area contributed by atoms with Crippen LogP contribution in [0.25, 0.3) is 0 Å². The molecule has 2 aliphatic rings. The van der Waals surface area contributed by atoms with E-state index in [0.717, 1.165) is 0 Å². The van der Waals surface area contributed by atoms with Crippen LogP contribution >= 0.6 is 46.4 Å². The van der Waals surface area contributed by atoms with Crippen LogP contribution in [0.5, 0.6) is 0 Å². The molecule has 0 aromatic carbocycles. The maximum absolute atomic E-state index is 10.1. The number of carbonyl (C=O) groups excluding carboxylic acids is 1. The van der Waals surface area contributed by atoms with Crippen LogP contribution in [0.4, 0.5) is 0 Å². The Morgan fingerprint density at radius 1 is 1.40 bits per heavy atom. The summed E-state index contributed by atoms with van der Waals surface area (Å²) in [7, 11) is 0. The van der Waals surface area contributed by atoms with Crippen molar-refractivity contribution in [3.05, 3.63) is 10.1 Å². The first-order chi connectivity index (χ1) is 6.94. The van der Waals surface area contributed by atoms with Gasteiger partial charge in [-0.3, -0.25) is 4.79 Å². The molecule has 0 saturated heterocycles. The molecule has 1 fully saturated rings. The summed E-state index contributed by atoms with van der Waals surface area (Å²) < 4.78 is 4.72. The second-order valence-electron chi connectivity index (χ2n) is 3.96. The molecule has 3 atom stereocenters. The fourth-order valence-corrected chi connectivity index (χ4v) is 4.16. The van der Waals surface area contributed by atoms with E-state index in [9.17, 15) is 4.79 Å². The zero-order valence-corrected chi connectivity index (χ0v) is 10.6. The van der Waals surface area contributed by atoms with Crippen molar-refractivity contribution in [2.45, 2.75) is 22.6 Å². The molecule has 0 spiro atoms. The lowest BCUT2D eigenvalue weighted by Crippen LogP contribution is -2.31. The van der Waals surface area contributed by atoms with Gasteiger partial charge in [-0.2, -0.15) is 0 Å².